The fourth-order valence-corrected chi connectivity index (χ4v) is 6.12. The van der Waals surface area contributed by atoms with Crippen LogP contribution in [0.25, 0.3) is 5.57 Å². The second-order valence-corrected chi connectivity index (χ2v) is 11.3. The molecule has 1 aromatic carbocycles. The van der Waals surface area contributed by atoms with Gasteiger partial charge < -0.3 is 20.0 Å². The maximum atomic E-state index is 13.6. The van der Waals surface area contributed by atoms with Crippen molar-refractivity contribution in [1.82, 2.24) is 14.7 Å². The van der Waals surface area contributed by atoms with Crippen molar-refractivity contribution in [2.75, 3.05) is 45.6 Å². The van der Waals surface area contributed by atoms with Crippen molar-refractivity contribution in [1.29, 1.82) is 0 Å². The van der Waals surface area contributed by atoms with E-state index in [1.165, 1.54) is 33.0 Å². The Morgan fingerprint density at radius 1 is 1.17 bits per heavy atom. The van der Waals surface area contributed by atoms with E-state index >= 15 is 0 Å². The molecule has 1 unspecified atom stereocenters. The molecule has 2 aromatic rings. The van der Waals surface area contributed by atoms with Gasteiger partial charge in [0.2, 0.25) is 0 Å². The van der Waals surface area contributed by atoms with Crippen LogP contribution in [-0.4, -0.2) is 67.0 Å². The van der Waals surface area contributed by atoms with E-state index in [4.69, 9.17) is 11.6 Å². The number of thiophene rings is 1. The Labute approximate surface area is 224 Å². The molecule has 1 aromatic heterocycles. The summed E-state index contributed by atoms with van der Waals surface area (Å²) in [7, 11) is 4.24. The zero-order valence-electron chi connectivity index (χ0n) is 22.2. The number of carbonyl (C=O) groups excluding carboxylic acids is 1. The third-order valence-corrected chi connectivity index (χ3v) is 8.40. The van der Waals surface area contributed by atoms with Gasteiger partial charge in [-0.25, -0.2) is 9.18 Å². The molecule has 8 heteroatoms. The quantitative estimate of drug-likeness (QED) is 0.334. The van der Waals surface area contributed by atoms with Crippen molar-refractivity contribution >= 4 is 40.2 Å². The molecule has 0 saturated carbocycles. The molecule has 0 saturated heterocycles. The molecule has 0 radical (unpaired) electrons. The molecule has 5 nitrogen and oxygen atoms in total. The van der Waals surface area contributed by atoms with Crippen LogP contribution in [0.4, 0.5) is 14.9 Å². The van der Waals surface area contributed by atoms with Crippen molar-refractivity contribution < 1.29 is 9.18 Å². The van der Waals surface area contributed by atoms with Gasteiger partial charge in [0, 0.05) is 41.1 Å². The Bertz CT molecular complexity index is 1060. The normalized spacial score (nSPS) is 15.9. The van der Waals surface area contributed by atoms with Gasteiger partial charge in [-0.2, -0.15) is 0 Å². The van der Waals surface area contributed by atoms with Gasteiger partial charge in [-0.05, 0) is 95.2 Å². The summed E-state index contributed by atoms with van der Waals surface area (Å²) in [5.74, 6) is -0.494. The fourth-order valence-electron chi connectivity index (χ4n) is 4.62. The molecule has 36 heavy (non-hydrogen) atoms. The number of amides is 2. The van der Waals surface area contributed by atoms with Crippen LogP contribution in [0.15, 0.2) is 30.3 Å². The zero-order valence-corrected chi connectivity index (χ0v) is 23.8. The minimum Gasteiger partial charge on any atom is -0.320 e. The van der Waals surface area contributed by atoms with Crippen molar-refractivity contribution in [3.8, 4) is 0 Å². The summed E-state index contributed by atoms with van der Waals surface area (Å²) in [4.78, 5) is 22.7. The van der Waals surface area contributed by atoms with E-state index in [1.54, 1.807) is 6.07 Å². The van der Waals surface area contributed by atoms with E-state index in [-0.39, 0.29) is 17.1 Å². The van der Waals surface area contributed by atoms with Crippen molar-refractivity contribution in [3.05, 3.63) is 56.5 Å². The molecule has 2 amide bonds. The SMILES string of the molecule is CCCN(C)CCN(C(=O)Nc1ccc(F)c(Cl)c1)C1CC=C(c2sc(CN(C)CC)cc2C)CC1. The van der Waals surface area contributed by atoms with Gasteiger partial charge in [-0.3, -0.25) is 0 Å². The Kier molecular flexibility index (Phi) is 10.8. The van der Waals surface area contributed by atoms with Gasteiger partial charge in [0.1, 0.15) is 5.82 Å². The standard InChI is InChI=1S/C28H40ClFN4OS/c1-6-14-33(5)15-16-34(28(35)31-22-10-13-26(30)25(29)18-22)23-11-8-21(9-12-23)27-20(3)17-24(36-27)19-32(4)7-2/h8,10,13,17-18,23H,6-7,9,11-12,14-16,19H2,1-5H3,(H,31,35). The largest absolute Gasteiger partial charge is 0.322 e. The first kappa shape index (κ1) is 28.6. The van der Waals surface area contributed by atoms with Crippen LogP contribution in [0.1, 0.15) is 54.8 Å². The van der Waals surface area contributed by atoms with E-state index in [1.807, 2.05) is 16.2 Å². The molecular weight excluding hydrogens is 495 g/mol. The van der Waals surface area contributed by atoms with Crippen LogP contribution in [0.5, 0.6) is 0 Å². The number of rotatable bonds is 11. The summed E-state index contributed by atoms with van der Waals surface area (Å²) in [6.07, 6.45) is 6.09. The molecule has 1 heterocycles. The first-order valence-electron chi connectivity index (χ1n) is 12.9. The lowest BCUT2D eigenvalue weighted by atomic mass is 9.92. The highest BCUT2D eigenvalue weighted by Gasteiger charge is 2.27. The van der Waals surface area contributed by atoms with Crippen LogP contribution >= 0.6 is 22.9 Å². The van der Waals surface area contributed by atoms with Crippen LogP contribution < -0.4 is 5.32 Å². The van der Waals surface area contributed by atoms with Gasteiger partial charge in [0.05, 0.1) is 5.02 Å². The average molecular weight is 535 g/mol. The van der Waals surface area contributed by atoms with Crippen LogP contribution in [0.3, 0.4) is 0 Å². The topological polar surface area (TPSA) is 38.8 Å². The number of carbonyl (C=O) groups is 1. The first-order chi connectivity index (χ1) is 17.2. The number of hydrogen-bond donors (Lipinski definition) is 1. The molecule has 0 aliphatic heterocycles. The van der Waals surface area contributed by atoms with E-state index in [0.29, 0.717) is 12.2 Å². The number of urea groups is 1. The van der Waals surface area contributed by atoms with E-state index in [2.05, 4.69) is 62.1 Å². The lowest BCUT2D eigenvalue weighted by Gasteiger charge is -2.35. The summed E-state index contributed by atoms with van der Waals surface area (Å²) in [6.45, 7) is 11.0. The number of nitrogens with zero attached hydrogens (tertiary/aromatic N) is 3. The Balaban J connectivity index is 1.73. The highest BCUT2D eigenvalue weighted by atomic mass is 35.5. The second kappa shape index (κ2) is 13.6. The number of anilines is 1. The lowest BCUT2D eigenvalue weighted by Crippen LogP contribution is -2.46. The smallest absolute Gasteiger partial charge is 0.320 e. The number of hydrogen-bond acceptors (Lipinski definition) is 4. The van der Waals surface area contributed by atoms with Gasteiger partial charge in [-0.1, -0.05) is 31.5 Å². The molecule has 1 atom stereocenters. The predicted molar refractivity (Wildman–Crippen MR) is 152 cm³/mol. The Morgan fingerprint density at radius 3 is 2.58 bits per heavy atom. The minimum atomic E-state index is -0.494. The maximum Gasteiger partial charge on any atom is 0.322 e. The van der Waals surface area contributed by atoms with E-state index in [0.717, 1.165) is 51.9 Å². The predicted octanol–water partition coefficient (Wildman–Crippen LogP) is 7.11. The summed E-state index contributed by atoms with van der Waals surface area (Å²) in [5, 5.41) is 2.94. The maximum absolute atomic E-state index is 13.6. The van der Waals surface area contributed by atoms with Crippen LogP contribution in [-0.2, 0) is 6.54 Å². The van der Waals surface area contributed by atoms with Crippen molar-refractivity contribution in [2.45, 2.75) is 59.0 Å². The summed E-state index contributed by atoms with van der Waals surface area (Å²) >= 11 is 7.83. The number of halogens is 2. The second-order valence-electron chi connectivity index (χ2n) is 9.77. The van der Waals surface area contributed by atoms with E-state index in [9.17, 15) is 9.18 Å². The van der Waals surface area contributed by atoms with Crippen molar-refractivity contribution in [3.63, 3.8) is 0 Å². The Morgan fingerprint density at radius 2 is 1.94 bits per heavy atom. The fraction of sp³-hybridized carbons (Fsp3) is 0.536. The van der Waals surface area contributed by atoms with Gasteiger partial charge in [0.15, 0.2) is 0 Å². The number of likely N-dealkylation sites (N-methyl/N-ethyl adjacent to an activating group) is 1. The van der Waals surface area contributed by atoms with E-state index < -0.39 is 5.82 Å². The van der Waals surface area contributed by atoms with Gasteiger partial charge in [-0.15, -0.1) is 11.3 Å². The first-order valence-corrected chi connectivity index (χ1v) is 14.1. The highest BCUT2D eigenvalue weighted by molar-refractivity contribution is 7.13. The summed E-state index contributed by atoms with van der Waals surface area (Å²) in [6, 6.07) is 6.56. The third-order valence-electron chi connectivity index (χ3n) is 6.81. The molecule has 0 bridgehead atoms. The van der Waals surface area contributed by atoms with Gasteiger partial charge >= 0.3 is 6.03 Å². The third kappa shape index (κ3) is 7.78. The summed E-state index contributed by atoms with van der Waals surface area (Å²) < 4.78 is 13.6. The zero-order chi connectivity index (χ0) is 26.2. The number of benzene rings is 1. The lowest BCUT2D eigenvalue weighted by molar-refractivity contribution is 0.170. The molecule has 1 aliphatic rings. The monoisotopic (exact) mass is 534 g/mol. The van der Waals surface area contributed by atoms with Gasteiger partial charge in [0.25, 0.3) is 0 Å². The number of aryl methyl sites for hydroxylation is 1. The van der Waals surface area contributed by atoms with Crippen LogP contribution in [0, 0.1) is 12.7 Å². The molecule has 0 spiro atoms. The number of nitrogens with one attached hydrogen (secondary N) is 1. The molecule has 1 aliphatic carbocycles. The summed E-state index contributed by atoms with van der Waals surface area (Å²) in [5.41, 5.74) is 3.24. The van der Waals surface area contributed by atoms with Crippen LogP contribution in [0.2, 0.25) is 5.02 Å². The molecule has 0 fully saturated rings. The minimum absolute atomic E-state index is 0.00286. The molecule has 198 valence electrons. The average Bonchev–Trinajstić information content (AvgIpc) is 3.21. The highest BCUT2D eigenvalue weighted by Crippen LogP contribution is 2.36. The molecule has 3 rings (SSSR count). The molecular formula is C28H40ClFN4OS. The Hall–Kier alpha value is -1.93. The van der Waals surface area contributed by atoms with Crippen molar-refractivity contribution in [2.24, 2.45) is 0 Å². The number of allylic oxidation sites excluding steroid dienone is 1. The molecule has 1 N–H and O–H groups in total.